The predicted molar refractivity (Wildman–Crippen MR) is 87.4 cm³/mol. The summed E-state index contributed by atoms with van der Waals surface area (Å²) in [6.07, 6.45) is 3.24. The Hall–Kier alpha value is -2.30. The molecule has 0 aliphatic carbocycles. The Morgan fingerprint density at radius 1 is 1.26 bits per heavy atom. The SMILES string of the molecule is COc1cccc(-c2cc(C(=O)N3[C@@H](C)CCC[C@@H]3C)no2)c1. The highest BCUT2D eigenvalue weighted by molar-refractivity contribution is 5.93. The number of rotatable bonds is 3. The molecule has 2 atom stereocenters. The van der Waals surface area contributed by atoms with Gasteiger partial charge in [0, 0.05) is 23.7 Å². The summed E-state index contributed by atoms with van der Waals surface area (Å²) in [7, 11) is 1.62. The Kier molecular flexibility index (Phi) is 4.37. The molecule has 122 valence electrons. The molecule has 5 nitrogen and oxygen atoms in total. The minimum Gasteiger partial charge on any atom is -0.497 e. The normalized spacial score (nSPS) is 21.3. The second-order valence-electron chi connectivity index (χ2n) is 6.15. The third kappa shape index (κ3) is 3.09. The van der Waals surface area contributed by atoms with Crippen LogP contribution in [-0.2, 0) is 0 Å². The van der Waals surface area contributed by atoms with Crippen molar-refractivity contribution < 1.29 is 14.1 Å². The lowest BCUT2D eigenvalue weighted by atomic mass is 9.97. The zero-order valence-electron chi connectivity index (χ0n) is 13.8. The molecule has 1 fully saturated rings. The Morgan fingerprint density at radius 3 is 2.70 bits per heavy atom. The number of hydrogen-bond acceptors (Lipinski definition) is 4. The molecule has 0 radical (unpaired) electrons. The van der Waals surface area contributed by atoms with Crippen molar-refractivity contribution in [3.63, 3.8) is 0 Å². The van der Waals surface area contributed by atoms with Crippen LogP contribution in [0, 0.1) is 0 Å². The number of ether oxygens (including phenoxy) is 1. The molecule has 0 bridgehead atoms. The van der Waals surface area contributed by atoms with Crippen LogP contribution in [0.4, 0.5) is 0 Å². The van der Waals surface area contributed by atoms with E-state index in [1.165, 1.54) is 6.42 Å². The number of aromatic nitrogens is 1. The molecule has 0 N–H and O–H groups in total. The molecule has 1 aromatic heterocycles. The van der Waals surface area contributed by atoms with Crippen molar-refractivity contribution >= 4 is 5.91 Å². The lowest BCUT2D eigenvalue weighted by molar-refractivity contribution is 0.0500. The van der Waals surface area contributed by atoms with Gasteiger partial charge in [0.2, 0.25) is 0 Å². The van der Waals surface area contributed by atoms with Gasteiger partial charge in [0.1, 0.15) is 5.75 Å². The minimum absolute atomic E-state index is 0.0532. The third-order valence-electron chi connectivity index (χ3n) is 4.51. The van der Waals surface area contributed by atoms with E-state index >= 15 is 0 Å². The average molecular weight is 314 g/mol. The molecular weight excluding hydrogens is 292 g/mol. The molecule has 1 amide bonds. The number of methoxy groups -OCH3 is 1. The van der Waals surface area contributed by atoms with E-state index in [0.29, 0.717) is 11.5 Å². The summed E-state index contributed by atoms with van der Waals surface area (Å²) >= 11 is 0. The lowest BCUT2D eigenvalue weighted by Gasteiger charge is -2.38. The monoisotopic (exact) mass is 314 g/mol. The van der Waals surface area contributed by atoms with Gasteiger partial charge in [-0.3, -0.25) is 4.79 Å². The van der Waals surface area contributed by atoms with Gasteiger partial charge in [0.05, 0.1) is 7.11 Å². The van der Waals surface area contributed by atoms with Gasteiger partial charge in [0.25, 0.3) is 5.91 Å². The van der Waals surface area contributed by atoms with Crippen LogP contribution < -0.4 is 4.74 Å². The van der Waals surface area contributed by atoms with E-state index in [9.17, 15) is 4.79 Å². The van der Waals surface area contributed by atoms with E-state index in [-0.39, 0.29) is 18.0 Å². The number of benzene rings is 1. The Morgan fingerprint density at radius 2 is 2.00 bits per heavy atom. The quantitative estimate of drug-likeness (QED) is 0.865. The number of amides is 1. The van der Waals surface area contributed by atoms with Gasteiger partial charge in [-0.2, -0.15) is 0 Å². The fourth-order valence-corrected chi connectivity index (χ4v) is 3.24. The van der Waals surface area contributed by atoms with Gasteiger partial charge in [-0.05, 0) is 45.2 Å². The van der Waals surface area contributed by atoms with Gasteiger partial charge in [0.15, 0.2) is 11.5 Å². The molecule has 2 aromatic rings. The summed E-state index contributed by atoms with van der Waals surface area (Å²) in [5.74, 6) is 1.26. The fourth-order valence-electron chi connectivity index (χ4n) is 3.24. The first-order valence-corrected chi connectivity index (χ1v) is 8.04. The van der Waals surface area contributed by atoms with Gasteiger partial charge in [-0.1, -0.05) is 17.3 Å². The molecule has 1 aromatic carbocycles. The van der Waals surface area contributed by atoms with Crippen LogP contribution in [0.5, 0.6) is 5.75 Å². The number of piperidine rings is 1. The Labute approximate surface area is 136 Å². The Bertz CT molecular complexity index is 685. The van der Waals surface area contributed by atoms with Crippen LogP contribution in [-0.4, -0.2) is 35.2 Å². The smallest absolute Gasteiger partial charge is 0.276 e. The summed E-state index contributed by atoms with van der Waals surface area (Å²) in [4.78, 5) is 14.7. The maximum atomic E-state index is 12.8. The second-order valence-corrected chi connectivity index (χ2v) is 6.15. The first-order valence-electron chi connectivity index (χ1n) is 8.04. The first-order chi connectivity index (χ1) is 11.1. The first kappa shape index (κ1) is 15.6. The van der Waals surface area contributed by atoms with Crippen molar-refractivity contribution in [2.45, 2.75) is 45.2 Å². The van der Waals surface area contributed by atoms with Gasteiger partial charge < -0.3 is 14.2 Å². The van der Waals surface area contributed by atoms with Crippen molar-refractivity contribution in [2.75, 3.05) is 7.11 Å². The van der Waals surface area contributed by atoms with Crippen molar-refractivity contribution in [3.8, 4) is 17.1 Å². The molecule has 5 heteroatoms. The van der Waals surface area contributed by atoms with E-state index in [2.05, 4.69) is 19.0 Å². The van der Waals surface area contributed by atoms with Crippen LogP contribution in [0.25, 0.3) is 11.3 Å². The average Bonchev–Trinajstić information content (AvgIpc) is 3.04. The summed E-state index contributed by atoms with van der Waals surface area (Å²) in [6, 6.07) is 9.71. The molecular formula is C18H22N2O3. The lowest BCUT2D eigenvalue weighted by Crippen LogP contribution is -2.47. The van der Waals surface area contributed by atoms with Crippen molar-refractivity contribution in [1.29, 1.82) is 0 Å². The topological polar surface area (TPSA) is 55.6 Å². The largest absolute Gasteiger partial charge is 0.497 e. The molecule has 23 heavy (non-hydrogen) atoms. The van der Waals surface area contributed by atoms with Crippen molar-refractivity contribution in [2.24, 2.45) is 0 Å². The van der Waals surface area contributed by atoms with Crippen molar-refractivity contribution in [3.05, 3.63) is 36.0 Å². The molecule has 1 aliphatic heterocycles. The predicted octanol–water partition coefficient (Wildman–Crippen LogP) is 3.75. The van der Waals surface area contributed by atoms with Crippen LogP contribution in [0.15, 0.2) is 34.9 Å². The number of likely N-dealkylation sites (tertiary alicyclic amines) is 1. The summed E-state index contributed by atoms with van der Waals surface area (Å²) in [5.41, 5.74) is 1.21. The highest BCUT2D eigenvalue weighted by Crippen LogP contribution is 2.27. The maximum Gasteiger partial charge on any atom is 0.276 e. The maximum absolute atomic E-state index is 12.8. The number of hydrogen-bond donors (Lipinski definition) is 0. The summed E-state index contributed by atoms with van der Waals surface area (Å²) < 4.78 is 10.6. The molecule has 0 saturated carbocycles. The summed E-state index contributed by atoms with van der Waals surface area (Å²) in [5, 5.41) is 3.99. The van der Waals surface area contributed by atoms with Gasteiger partial charge in [-0.25, -0.2) is 0 Å². The molecule has 3 rings (SSSR count). The molecule has 2 heterocycles. The van der Waals surface area contributed by atoms with Crippen LogP contribution in [0.3, 0.4) is 0 Å². The molecule has 0 spiro atoms. The third-order valence-corrected chi connectivity index (χ3v) is 4.51. The summed E-state index contributed by atoms with van der Waals surface area (Å²) in [6.45, 7) is 4.19. The zero-order chi connectivity index (χ0) is 16.4. The second kappa shape index (κ2) is 6.44. The Balaban J connectivity index is 1.84. The van der Waals surface area contributed by atoms with Gasteiger partial charge >= 0.3 is 0 Å². The number of carbonyl (C=O) groups excluding carboxylic acids is 1. The fraction of sp³-hybridized carbons (Fsp3) is 0.444. The standard InChI is InChI=1S/C18H22N2O3/c1-12-6-4-7-13(2)20(12)18(21)16-11-17(23-19-16)14-8-5-9-15(10-14)22-3/h5,8-13H,4,6-7H2,1-3H3/t12-,13-/m0/s1. The van der Waals surface area contributed by atoms with E-state index in [1.807, 2.05) is 29.2 Å². The van der Waals surface area contributed by atoms with Crippen LogP contribution in [0.1, 0.15) is 43.6 Å². The minimum atomic E-state index is -0.0532. The van der Waals surface area contributed by atoms with E-state index < -0.39 is 0 Å². The van der Waals surface area contributed by atoms with Crippen molar-refractivity contribution in [1.82, 2.24) is 10.1 Å². The number of nitrogens with zero attached hydrogens (tertiary/aromatic N) is 2. The molecule has 1 saturated heterocycles. The van der Waals surface area contributed by atoms with E-state index in [1.54, 1.807) is 13.2 Å². The van der Waals surface area contributed by atoms with E-state index in [4.69, 9.17) is 9.26 Å². The van der Waals surface area contributed by atoms with Gasteiger partial charge in [-0.15, -0.1) is 0 Å². The van der Waals surface area contributed by atoms with E-state index in [0.717, 1.165) is 24.2 Å². The number of carbonyl (C=O) groups is 1. The van der Waals surface area contributed by atoms with Crippen LogP contribution in [0.2, 0.25) is 0 Å². The zero-order valence-corrected chi connectivity index (χ0v) is 13.8. The highest BCUT2D eigenvalue weighted by Gasteiger charge is 2.31. The highest BCUT2D eigenvalue weighted by atomic mass is 16.5. The molecule has 0 unspecified atom stereocenters. The van der Waals surface area contributed by atoms with Crippen LogP contribution >= 0.6 is 0 Å². The molecule has 1 aliphatic rings.